The third kappa shape index (κ3) is 1.43. The molecule has 0 unspecified atom stereocenters. The summed E-state index contributed by atoms with van der Waals surface area (Å²) in [4.78, 5) is 7.98. The van der Waals surface area contributed by atoms with Crippen LogP contribution in [-0.4, -0.2) is 9.97 Å². The van der Waals surface area contributed by atoms with Crippen LogP contribution < -0.4 is 5.73 Å². The molecule has 0 bridgehead atoms. The largest absolute Gasteiger partial charge is 0.382 e. The maximum Gasteiger partial charge on any atom is 0.149 e. The summed E-state index contributed by atoms with van der Waals surface area (Å²) in [5.41, 5.74) is 6.78. The van der Waals surface area contributed by atoms with Gasteiger partial charge in [0.15, 0.2) is 0 Å². The fourth-order valence-corrected chi connectivity index (χ4v) is 0.676. The first-order valence-corrected chi connectivity index (χ1v) is 3.15. The molecule has 3 nitrogen and oxygen atoms in total. The Morgan fingerprint density at radius 2 is 2.09 bits per heavy atom. The van der Waals surface area contributed by atoms with Gasteiger partial charge in [0.25, 0.3) is 0 Å². The van der Waals surface area contributed by atoms with E-state index in [0.717, 1.165) is 0 Å². The third-order valence-electron chi connectivity index (χ3n) is 1.25. The van der Waals surface area contributed by atoms with Crippen molar-refractivity contribution in [2.45, 2.75) is 0 Å². The normalized spacial score (nSPS) is 9.09. The molecular formula is C8H9N3. The van der Waals surface area contributed by atoms with E-state index in [1.165, 1.54) is 0 Å². The van der Waals surface area contributed by atoms with Crippen LogP contribution in [0.3, 0.4) is 0 Å². The number of nitrogens with two attached hydrogens (primary N) is 1. The third-order valence-corrected chi connectivity index (χ3v) is 1.25. The number of aromatic nitrogens is 2. The van der Waals surface area contributed by atoms with Gasteiger partial charge in [0, 0.05) is 0 Å². The molecule has 0 fully saturated rings. The Bertz CT molecular complexity index is 291. The Balaban J connectivity index is 3.22. The van der Waals surface area contributed by atoms with Gasteiger partial charge in [0.2, 0.25) is 0 Å². The minimum absolute atomic E-state index is 0.394. The van der Waals surface area contributed by atoms with Gasteiger partial charge in [-0.15, -0.1) is 0 Å². The Kier molecular flexibility index (Phi) is 2.01. The molecule has 0 amide bonds. The first-order valence-electron chi connectivity index (χ1n) is 3.15. The summed E-state index contributed by atoms with van der Waals surface area (Å²) in [6.45, 7) is 7.11. The van der Waals surface area contributed by atoms with Crippen molar-refractivity contribution in [3.05, 3.63) is 30.7 Å². The molecule has 0 saturated carbocycles. The lowest BCUT2D eigenvalue weighted by molar-refractivity contribution is 1.17. The van der Waals surface area contributed by atoms with Crippen LogP contribution in [0.15, 0.2) is 19.4 Å². The van der Waals surface area contributed by atoms with E-state index in [1.54, 1.807) is 18.3 Å². The van der Waals surface area contributed by atoms with Crippen molar-refractivity contribution in [2.75, 3.05) is 5.73 Å². The minimum atomic E-state index is 0.394. The van der Waals surface area contributed by atoms with Crippen molar-refractivity contribution in [1.29, 1.82) is 0 Å². The first-order chi connectivity index (χ1) is 5.27. The second-order valence-corrected chi connectivity index (χ2v) is 1.97. The van der Waals surface area contributed by atoms with Gasteiger partial charge < -0.3 is 5.73 Å². The Labute approximate surface area is 65.3 Å². The van der Waals surface area contributed by atoms with E-state index in [-0.39, 0.29) is 0 Å². The van der Waals surface area contributed by atoms with Crippen molar-refractivity contribution in [3.63, 3.8) is 0 Å². The van der Waals surface area contributed by atoms with Crippen LogP contribution in [0.5, 0.6) is 0 Å². The first kappa shape index (κ1) is 7.47. The second-order valence-electron chi connectivity index (χ2n) is 1.97. The minimum Gasteiger partial charge on any atom is -0.382 e. The van der Waals surface area contributed by atoms with Gasteiger partial charge in [-0.2, -0.15) is 0 Å². The van der Waals surface area contributed by atoms with Gasteiger partial charge in [-0.05, 0) is 12.2 Å². The molecule has 1 rings (SSSR count). The average molecular weight is 147 g/mol. The molecule has 1 heterocycles. The van der Waals surface area contributed by atoms with Gasteiger partial charge in [0.05, 0.1) is 11.9 Å². The topological polar surface area (TPSA) is 51.8 Å². The predicted octanol–water partition coefficient (Wildman–Crippen LogP) is 1.34. The van der Waals surface area contributed by atoms with Gasteiger partial charge in [-0.25, -0.2) is 9.97 Å². The maximum absolute atomic E-state index is 5.48. The Hall–Kier alpha value is -1.64. The molecule has 0 aliphatic rings. The highest BCUT2D eigenvalue weighted by molar-refractivity contribution is 5.57. The van der Waals surface area contributed by atoms with Gasteiger partial charge in [-0.1, -0.05) is 13.2 Å². The molecule has 0 aliphatic carbocycles. The van der Waals surface area contributed by atoms with Crippen LogP contribution in [0, 0.1) is 0 Å². The molecule has 11 heavy (non-hydrogen) atoms. The highest BCUT2D eigenvalue weighted by Gasteiger charge is 1.96. The van der Waals surface area contributed by atoms with E-state index in [0.29, 0.717) is 17.2 Å². The van der Waals surface area contributed by atoms with Crippen LogP contribution in [0.25, 0.3) is 12.2 Å². The van der Waals surface area contributed by atoms with Crippen LogP contribution >= 0.6 is 0 Å². The quantitative estimate of drug-likeness (QED) is 0.686. The average Bonchev–Trinajstić information content (AvgIpc) is 2.05. The standard InChI is InChI=1S/C8H9N3/c1-3-6-5-10-8(9)7(4-2)11-6/h3-5H,1-2H2,(H2,9,10). The van der Waals surface area contributed by atoms with Crippen molar-refractivity contribution >= 4 is 18.0 Å². The lowest BCUT2D eigenvalue weighted by Gasteiger charge is -1.98. The monoisotopic (exact) mass is 147 g/mol. The lowest BCUT2D eigenvalue weighted by atomic mass is 10.3. The summed E-state index contributed by atoms with van der Waals surface area (Å²) in [6.07, 6.45) is 4.74. The molecule has 0 spiro atoms. The molecule has 0 aromatic carbocycles. The van der Waals surface area contributed by atoms with Crippen molar-refractivity contribution in [2.24, 2.45) is 0 Å². The summed E-state index contributed by atoms with van der Waals surface area (Å²) < 4.78 is 0. The van der Waals surface area contributed by atoms with Crippen molar-refractivity contribution in [3.8, 4) is 0 Å². The van der Waals surface area contributed by atoms with E-state index in [9.17, 15) is 0 Å². The van der Waals surface area contributed by atoms with Crippen LogP contribution in [0.2, 0.25) is 0 Å². The van der Waals surface area contributed by atoms with E-state index in [1.807, 2.05) is 0 Å². The molecule has 0 saturated heterocycles. The summed E-state index contributed by atoms with van der Waals surface area (Å²) in [5.74, 6) is 0.394. The fourth-order valence-electron chi connectivity index (χ4n) is 0.676. The Morgan fingerprint density at radius 3 is 2.64 bits per heavy atom. The molecule has 3 heteroatoms. The zero-order chi connectivity index (χ0) is 8.27. The van der Waals surface area contributed by atoms with Gasteiger partial charge in [-0.3, -0.25) is 0 Å². The molecule has 2 N–H and O–H groups in total. The Morgan fingerprint density at radius 1 is 1.36 bits per heavy atom. The van der Waals surface area contributed by atoms with Crippen LogP contribution in [0.4, 0.5) is 5.82 Å². The molecule has 0 aliphatic heterocycles. The summed E-state index contributed by atoms with van der Waals surface area (Å²) in [5, 5.41) is 0. The fraction of sp³-hybridized carbons (Fsp3) is 0. The predicted molar refractivity (Wildman–Crippen MR) is 46.6 cm³/mol. The van der Waals surface area contributed by atoms with Crippen molar-refractivity contribution < 1.29 is 0 Å². The number of hydrogen-bond acceptors (Lipinski definition) is 3. The molecule has 0 atom stereocenters. The van der Waals surface area contributed by atoms with Gasteiger partial charge in [0.1, 0.15) is 11.5 Å². The smallest absolute Gasteiger partial charge is 0.149 e. The number of anilines is 1. The molecule has 56 valence electrons. The summed E-state index contributed by atoms with van der Waals surface area (Å²) in [6, 6.07) is 0. The molecule has 0 radical (unpaired) electrons. The SMILES string of the molecule is C=Cc1cnc(N)c(C=C)n1. The lowest BCUT2D eigenvalue weighted by Crippen LogP contribution is -1.97. The van der Waals surface area contributed by atoms with E-state index < -0.39 is 0 Å². The molecule has 1 aromatic rings. The molecular weight excluding hydrogens is 138 g/mol. The van der Waals surface area contributed by atoms with E-state index >= 15 is 0 Å². The summed E-state index contributed by atoms with van der Waals surface area (Å²) in [7, 11) is 0. The highest BCUT2D eigenvalue weighted by atomic mass is 14.9. The van der Waals surface area contributed by atoms with Gasteiger partial charge >= 0.3 is 0 Å². The highest BCUT2D eigenvalue weighted by Crippen LogP contribution is 2.07. The van der Waals surface area contributed by atoms with Crippen LogP contribution in [0.1, 0.15) is 11.4 Å². The zero-order valence-electron chi connectivity index (χ0n) is 6.12. The zero-order valence-corrected chi connectivity index (χ0v) is 6.12. The molecule has 1 aromatic heterocycles. The number of rotatable bonds is 2. The van der Waals surface area contributed by atoms with Crippen molar-refractivity contribution in [1.82, 2.24) is 9.97 Å². The van der Waals surface area contributed by atoms with Crippen LogP contribution in [-0.2, 0) is 0 Å². The van der Waals surface area contributed by atoms with E-state index in [2.05, 4.69) is 23.1 Å². The number of nitrogens with zero attached hydrogens (tertiary/aromatic N) is 2. The number of nitrogen functional groups attached to an aromatic ring is 1. The summed E-state index contributed by atoms with van der Waals surface area (Å²) >= 11 is 0. The number of hydrogen-bond donors (Lipinski definition) is 1. The second kappa shape index (κ2) is 2.96. The van der Waals surface area contributed by atoms with E-state index in [4.69, 9.17) is 5.73 Å². The maximum atomic E-state index is 5.48.